The molecule has 5 heteroatoms. The van der Waals surface area contributed by atoms with E-state index in [1.165, 1.54) is 0 Å². The van der Waals surface area contributed by atoms with Gasteiger partial charge in [0, 0.05) is 0 Å². The van der Waals surface area contributed by atoms with Crippen LogP contribution in [-0.4, -0.2) is 24.9 Å². The number of amides is 2. The molecule has 0 aromatic carbocycles. The standard InChI is InChI=1S/C5H11N3O2/c1-8-3(5(7)10)2-4(6)9/h3,8H,2H2,1H3,(H2,6,9)(H2,7,10). The molecule has 10 heavy (non-hydrogen) atoms. The monoisotopic (exact) mass is 145 g/mol. The summed E-state index contributed by atoms with van der Waals surface area (Å²) in [6.45, 7) is 0. The largest absolute Gasteiger partial charge is 0.370 e. The Kier molecular flexibility index (Phi) is 3.42. The fourth-order valence-electron chi connectivity index (χ4n) is 0.546. The highest BCUT2D eigenvalue weighted by molar-refractivity contribution is 5.86. The quantitative estimate of drug-likeness (QED) is 0.424. The van der Waals surface area contributed by atoms with Crippen molar-refractivity contribution in [2.45, 2.75) is 12.5 Å². The van der Waals surface area contributed by atoms with Gasteiger partial charge >= 0.3 is 0 Å². The number of nitrogens with one attached hydrogen (secondary N) is 1. The molecule has 0 aliphatic heterocycles. The van der Waals surface area contributed by atoms with Crippen LogP contribution in [0.1, 0.15) is 6.42 Å². The minimum absolute atomic E-state index is 0.0498. The summed E-state index contributed by atoms with van der Waals surface area (Å²) in [6.07, 6.45) is -0.0498. The minimum atomic E-state index is -0.641. The third-order valence-electron chi connectivity index (χ3n) is 1.10. The van der Waals surface area contributed by atoms with Gasteiger partial charge in [0.1, 0.15) is 0 Å². The molecule has 0 rings (SSSR count). The molecule has 0 radical (unpaired) electrons. The summed E-state index contributed by atoms with van der Waals surface area (Å²) in [5.74, 6) is -1.11. The Bertz CT molecular complexity index is 146. The second-order valence-electron chi connectivity index (χ2n) is 1.91. The van der Waals surface area contributed by atoms with Crippen molar-refractivity contribution in [3.63, 3.8) is 0 Å². The minimum Gasteiger partial charge on any atom is -0.370 e. The third kappa shape index (κ3) is 3.03. The van der Waals surface area contributed by atoms with Crippen LogP contribution >= 0.6 is 0 Å². The van der Waals surface area contributed by atoms with E-state index in [1.807, 2.05) is 0 Å². The molecule has 0 fully saturated rings. The Morgan fingerprint density at radius 1 is 1.50 bits per heavy atom. The molecule has 0 heterocycles. The first kappa shape index (κ1) is 8.90. The molecule has 5 nitrogen and oxygen atoms in total. The molecule has 0 spiro atoms. The first-order valence-corrected chi connectivity index (χ1v) is 2.82. The Morgan fingerprint density at radius 3 is 2.10 bits per heavy atom. The van der Waals surface area contributed by atoms with Crippen LogP contribution in [0.4, 0.5) is 0 Å². The maximum atomic E-state index is 10.4. The van der Waals surface area contributed by atoms with Crippen LogP contribution in [0.3, 0.4) is 0 Å². The molecule has 0 aromatic heterocycles. The number of likely N-dealkylation sites (N-methyl/N-ethyl adjacent to an activating group) is 1. The van der Waals surface area contributed by atoms with Gasteiger partial charge in [-0.1, -0.05) is 0 Å². The van der Waals surface area contributed by atoms with Crippen LogP contribution < -0.4 is 16.8 Å². The van der Waals surface area contributed by atoms with Crippen molar-refractivity contribution in [1.82, 2.24) is 5.32 Å². The fourth-order valence-corrected chi connectivity index (χ4v) is 0.546. The second-order valence-corrected chi connectivity index (χ2v) is 1.91. The summed E-state index contributed by atoms with van der Waals surface area (Å²) in [5.41, 5.74) is 9.71. The Morgan fingerprint density at radius 2 is 2.00 bits per heavy atom. The summed E-state index contributed by atoms with van der Waals surface area (Å²) in [4.78, 5) is 20.7. The lowest BCUT2D eigenvalue weighted by Gasteiger charge is -2.07. The molecule has 0 saturated heterocycles. The molecule has 1 atom stereocenters. The highest BCUT2D eigenvalue weighted by Gasteiger charge is 2.14. The van der Waals surface area contributed by atoms with Gasteiger partial charge < -0.3 is 16.8 Å². The van der Waals surface area contributed by atoms with Gasteiger partial charge in [-0.15, -0.1) is 0 Å². The zero-order valence-corrected chi connectivity index (χ0v) is 5.76. The van der Waals surface area contributed by atoms with Crippen LogP contribution in [0.2, 0.25) is 0 Å². The molecular formula is C5H11N3O2. The predicted octanol–water partition coefficient (Wildman–Crippen LogP) is -2.06. The van der Waals surface area contributed by atoms with Crippen molar-refractivity contribution < 1.29 is 9.59 Å². The summed E-state index contributed by atoms with van der Waals surface area (Å²) < 4.78 is 0. The van der Waals surface area contributed by atoms with Crippen LogP contribution in [0.5, 0.6) is 0 Å². The second kappa shape index (κ2) is 3.84. The van der Waals surface area contributed by atoms with Gasteiger partial charge in [-0.2, -0.15) is 0 Å². The van der Waals surface area contributed by atoms with Crippen LogP contribution in [-0.2, 0) is 9.59 Å². The number of nitrogens with two attached hydrogens (primary N) is 2. The van der Waals surface area contributed by atoms with Crippen molar-refractivity contribution in [3.05, 3.63) is 0 Å². The average Bonchev–Trinajstić information content (AvgIpc) is 1.81. The predicted molar refractivity (Wildman–Crippen MR) is 35.9 cm³/mol. The summed E-state index contributed by atoms with van der Waals surface area (Å²) in [6, 6.07) is -0.641. The Hall–Kier alpha value is -1.10. The van der Waals surface area contributed by atoms with Crippen LogP contribution in [0.25, 0.3) is 0 Å². The lowest BCUT2D eigenvalue weighted by atomic mass is 10.2. The zero-order valence-electron chi connectivity index (χ0n) is 5.76. The summed E-state index contributed by atoms with van der Waals surface area (Å²) in [5, 5.41) is 2.56. The number of primary amides is 2. The zero-order chi connectivity index (χ0) is 8.15. The van der Waals surface area contributed by atoms with Gasteiger partial charge in [0.2, 0.25) is 11.8 Å². The van der Waals surface area contributed by atoms with Gasteiger partial charge in [-0.05, 0) is 7.05 Å². The molecular weight excluding hydrogens is 134 g/mol. The van der Waals surface area contributed by atoms with E-state index in [4.69, 9.17) is 11.5 Å². The molecule has 0 aliphatic carbocycles. The fraction of sp³-hybridized carbons (Fsp3) is 0.600. The first-order valence-electron chi connectivity index (χ1n) is 2.82. The van der Waals surface area contributed by atoms with E-state index in [0.717, 1.165) is 0 Å². The molecule has 0 aromatic rings. The smallest absolute Gasteiger partial charge is 0.235 e. The van der Waals surface area contributed by atoms with Crippen LogP contribution in [0, 0.1) is 0 Å². The molecule has 0 saturated carbocycles. The molecule has 5 N–H and O–H groups in total. The van der Waals surface area contributed by atoms with Gasteiger partial charge in [-0.25, -0.2) is 0 Å². The lowest BCUT2D eigenvalue weighted by molar-refractivity contribution is -0.125. The van der Waals surface area contributed by atoms with Gasteiger partial charge in [0.25, 0.3) is 0 Å². The molecule has 0 aliphatic rings. The van der Waals surface area contributed by atoms with E-state index in [9.17, 15) is 9.59 Å². The maximum absolute atomic E-state index is 10.4. The normalized spacial score (nSPS) is 12.5. The molecule has 0 bridgehead atoms. The topological polar surface area (TPSA) is 98.2 Å². The van der Waals surface area contributed by atoms with E-state index >= 15 is 0 Å². The van der Waals surface area contributed by atoms with Gasteiger partial charge in [-0.3, -0.25) is 9.59 Å². The summed E-state index contributed by atoms with van der Waals surface area (Å²) >= 11 is 0. The molecule has 58 valence electrons. The van der Waals surface area contributed by atoms with Crippen molar-refractivity contribution >= 4 is 11.8 Å². The van der Waals surface area contributed by atoms with Gasteiger partial charge in [0.15, 0.2) is 0 Å². The Labute approximate surface area is 58.8 Å². The number of rotatable bonds is 4. The molecule has 2 amide bonds. The van der Waals surface area contributed by atoms with Crippen molar-refractivity contribution in [2.24, 2.45) is 11.5 Å². The van der Waals surface area contributed by atoms with E-state index in [0.29, 0.717) is 0 Å². The SMILES string of the molecule is CNC(CC(N)=O)C(N)=O. The van der Waals surface area contributed by atoms with Crippen molar-refractivity contribution in [3.8, 4) is 0 Å². The number of carbonyl (C=O) groups is 2. The Balaban J connectivity index is 3.83. The number of carbonyl (C=O) groups excluding carboxylic acids is 2. The average molecular weight is 145 g/mol. The number of hydrogen-bond acceptors (Lipinski definition) is 3. The summed E-state index contributed by atoms with van der Waals surface area (Å²) in [7, 11) is 1.54. The van der Waals surface area contributed by atoms with E-state index < -0.39 is 17.9 Å². The van der Waals surface area contributed by atoms with Gasteiger partial charge in [0.05, 0.1) is 12.5 Å². The van der Waals surface area contributed by atoms with Crippen molar-refractivity contribution in [2.75, 3.05) is 7.05 Å². The van der Waals surface area contributed by atoms with E-state index in [-0.39, 0.29) is 6.42 Å². The maximum Gasteiger partial charge on any atom is 0.235 e. The lowest BCUT2D eigenvalue weighted by Crippen LogP contribution is -2.41. The van der Waals surface area contributed by atoms with Crippen molar-refractivity contribution in [1.29, 1.82) is 0 Å². The highest BCUT2D eigenvalue weighted by Crippen LogP contribution is 1.86. The third-order valence-corrected chi connectivity index (χ3v) is 1.10. The van der Waals surface area contributed by atoms with Crippen LogP contribution in [0.15, 0.2) is 0 Å². The number of hydrogen-bond donors (Lipinski definition) is 3. The van der Waals surface area contributed by atoms with E-state index in [2.05, 4.69) is 5.32 Å². The van der Waals surface area contributed by atoms with E-state index in [1.54, 1.807) is 7.05 Å². The highest BCUT2D eigenvalue weighted by atomic mass is 16.2. The molecule has 1 unspecified atom stereocenters. The first-order chi connectivity index (χ1) is 4.57.